The Balaban J connectivity index is 1.35. The van der Waals surface area contributed by atoms with Gasteiger partial charge in [-0.15, -0.1) is 22.7 Å². The minimum atomic E-state index is -0.623. The average molecular weight is 592 g/mol. The van der Waals surface area contributed by atoms with Gasteiger partial charge in [-0.25, -0.2) is 14.1 Å². The SMILES string of the molecule is O=C(OCCCCCCC(C=Cc1ccccc1)OO)c1sc2c(Br)sc(Br)c2c1F. The van der Waals surface area contributed by atoms with E-state index in [1.807, 2.05) is 42.5 Å². The lowest BCUT2D eigenvalue weighted by atomic mass is 10.1. The van der Waals surface area contributed by atoms with E-state index >= 15 is 0 Å². The number of fused-ring (bicyclic) bond motifs is 1. The predicted octanol–water partition coefficient (Wildman–Crippen LogP) is 8.31. The van der Waals surface area contributed by atoms with Crippen molar-refractivity contribution >= 4 is 76.7 Å². The van der Waals surface area contributed by atoms with Gasteiger partial charge in [-0.2, -0.15) is 0 Å². The van der Waals surface area contributed by atoms with Crippen LogP contribution in [0.25, 0.3) is 16.2 Å². The first kappa shape index (κ1) is 24.5. The number of hydrogen-bond donors (Lipinski definition) is 1. The first-order valence-electron chi connectivity index (χ1n) is 9.77. The molecule has 2 aromatic heterocycles. The molecule has 1 aromatic carbocycles. The lowest BCUT2D eigenvalue weighted by Crippen LogP contribution is -2.07. The van der Waals surface area contributed by atoms with Crippen LogP contribution in [0.3, 0.4) is 0 Å². The first-order chi connectivity index (χ1) is 15.0. The van der Waals surface area contributed by atoms with Crippen molar-refractivity contribution in [2.75, 3.05) is 6.61 Å². The highest BCUT2D eigenvalue weighted by atomic mass is 79.9. The number of thiophene rings is 2. The fourth-order valence-electron chi connectivity index (χ4n) is 3.03. The van der Waals surface area contributed by atoms with Crippen LogP contribution in [-0.2, 0) is 9.62 Å². The highest BCUT2D eigenvalue weighted by molar-refractivity contribution is 9.12. The molecule has 4 nitrogen and oxygen atoms in total. The van der Waals surface area contributed by atoms with E-state index in [0.29, 0.717) is 26.7 Å². The van der Waals surface area contributed by atoms with Crippen molar-refractivity contribution in [3.05, 3.63) is 60.2 Å². The summed E-state index contributed by atoms with van der Waals surface area (Å²) in [7, 11) is 0. The van der Waals surface area contributed by atoms with Crippen LogP contribution in [0.4, 0.5) is 4.39 Å². The quantitative estimate of drug-likeness (QED) is 0.105. The Morgan fingerprint density at radius 2 is 1.84 bits per heavy atom. The van der Waals surface area contributed by atoms with Crippen LogP contribution in [0.5, 0.6) is 0 Å². The number of ether oxygens (including phenoxy) is 1. The number of rotatable bonds is 11. The molecular weight excluding hydrogens is 571 g/mol. The number of hydrogen-bond acceptors (Lipinski definition) is 6. The fourth-order valence-corrected chi connectivity index (χ4v) is 7.47. The Kier molecular flexibility index (Phi) is 9.68. The molecule has 3 aromatic rings. The van der Waals surface area contributed by atoms with E-state index in [1.54, 1.807) is 0 Å². The van der Waals surface area contributed by atoms with E-state index in [1.165, 1.54) is 11.3 Å². The second-order valence-electron chi connectivity index (χ2n) is 6.85. The molecule has 0 amide bonds. The van der Waals surface area contributed by atoms with Gasteiger partial charge in [0, 0.05) is 0 Å². The first-order valence-corrected chi connectivity index (χ1v) is 13.0. The third-order valence-corrected chi connectivity index (χ3v) is 8.73. The van der Waals surface area contributed by atoms with Gasteiger partial charge in [0.25, 0.3) is 0 Å². The maximum Gasteiger partial charge on any atom is 0.351 e. The fraction of sp³-hybridized carbons (Fsp3) is 0.318. The molecule has 0 spiro atoms. The Hall–Kier alpha value is -1.10. The number of unbranched alkanes of at least 4 members (excludes halogenated alkanes) is 3. The summed E-state index contributed by atoms with van der Waals surface area (Å²) in [5.74, 6) is -1.15. The molecule has 0 saturated heterocycles. The Morgan fingerprint density at radius 1 is 1.10 bits per heavy atom. The van der Waals surface area contributed by atoms with Crippen LogP contribution in [-0.4, -0.2) is 23.9 Å². The van der Waals surface area contributed by atoms with Crippen LogP contribution in [0, 0.1) is 5.82 Å². The van der Waals surface area contributed by atoms with Gasteiger partial charge in [-0.1, -0.05) is 61.7 Å². The zero-order valence-corrected chi connectivity index (χ0v) is 21.3. The Labute approximate surface area is 204 Å². The summed E-state index contributed by atoms with van der Waals surface area (Å²) in [4.78, 5) is 16.8. The molecule has 3 rings (SSSR count). The molecule has 9 heteroatoms. The third kappa shape index (κ3) is 6.69. The summed E-state index contributed by atoms with van der Waals surface area (Å²) in [6.45, 7) is 0.249. The second-order valence-corrected chi connectivity index (χ2v) is 11.5. The lowest BCUT2D eigenvalue weighted by molar-refractivity contribution is -0.266. The molecule has 1 atom stereocenters. The molecule has 31 heavy (non-hydrogen) atoms. The number of benzene rings is 1. The summed E-state index contributed by atoms with van der Waals surface area (Å²) in [5, 5.41) is 9.49. The topological polar surface area (TPSA) is 55.8 Å². The molecule has 0 aliphatic heterocycles. The van der Waals surface area contributed by atoms with Gasteiger partial charge in [-0.05, 0) is 50.3 Å². The highest BCUT2D eigenvalue weighted by Gasteiger charge is 2.24. The van der Waals surface area contributed by atoms with Gasteiger partial charge in [0.2, 0.25) is 0 Å². The zero-order chi connectivity index (χ0) is 22.2. The van der Waals surface area contributed by atoms with Crippen molar-refractivity contribution in [1.29, 1.82) is 0 Å². The van der Waals surface area contributed by atoms with Crippen LogP contribution in [0.2, 0.25) is 0 Å². The standard InChI is InChI=1S/C22H21Br2FO4S2/c23-20-16-17(25)19(30-18(16)21(24)31-20)22(26)28-13-7-2-1-6-10-15(29-27)12-11-14-8-4-3-5-9-14/h3-5,8-9,11-12,15,27H,1-2,6-7,10,13H2. The van der Waals surface area contributed by atoms with E-state index in [-0.39, 0.29) is 17.6 Å². The molecule has 0 radical (unpaired) electrons. The van der Waals surface area contributed by atoms with Gasteiger partial charge in [-0.3, -0.25) is 5.26 Å². The number of carbonyl (C=O) groups excluding carboxylic acids is 1. The third-order valence-electron chi connectivity index (χ3n) is 4.64. The maximum atomic E-state index is 14.5. The van der Waals surface area contributed by atoms with Crippen LogP contribution < -0.4 is 0 Å². The molecule has 1 unspecified atom stereocenters. The highest BCUT2D eigenvalue weighted by Crippen LogP contribution is 2.45. The summed E-state index contributed by atoms with van der Waals surface area (Å²) < 4.78 is 22.0. The van der Waals surface area contributed by atoms with Crippen molar-refractivity contribution in [2.45, 2.75) is 38.2 Å². The molecule has 0 bridgehead atoms. The molecule has 0 aliphatic carbocycles. The van der Waals surface area contributed by atoms with E-state index in [4.69, 9.17) is 9.99 Å². The summed E-state index contributed by atoms with van der Waals surface area (Å²) in [5.41, 5.74) is 1.05. The molecule has 166 valence electrons. The monoisotopic (exact) mass is 590 g/mol. The molecule has 1 N–H and O–H groups in total. The maximum absolute atomic E-state index is 14.5. The average Bonchev–Trinajstić information content (AvgIpc) is 3.27. The molecule has 2 heterocycles. The van der Waals surface area contributed by atoms with Crippen LogP contribution >= 0.6 is 54.5 Å². The Bertz CT molecular complexity index is 1030. The summed E-state index contributed by atoms with van der Waals surface area (Å²) in [6, 6.07) is 9.82. The van der Waals surface area contributed by atoms with Gasteiger partial charge in [0.05, 0.1) is 24.3 Å². The van der Waals surface area contributed by atoms with E-state index in [0.717, 1.165) is 39.9 Å². The van der Waals surface area contributed by atoms with Crippen molar-refractivity contribution in [3.8, 4) is 0 Å². The van der Waals surface area contributed by atoms with E-state index < -0.39 is 11.8 Å². The van der Waals surface area contributed by atoms with Gasteiger partial charge >= 0.3 is 5.97 Å². The number of halogens is 3. The van der Waals surface area contributed by atoms with Crippen LogP contribution in [0.1, 0.15) is 47.3 Å². The van der Waals surface area contributed by atoms with Gasteiger partial charge in [0.1, 0.15) is 11.0 Å². The largest absolute Gasteiger partial charge is 0.461 e. The lowest BCUT2D eigenvalue weighted by Gasteiger charge is -2.09. The number of carbonyl (C=O) groups is 1. The summed E-state index contributed by atoms with van der Waals surface area (Å²) >= 11 is 9.20. The van der Waals surface area contributed by atoms with E-state index in [2.05, 4.69) is 36.7 Å². The molecule has 0 saturated carbocycles. The molecular formula is C22H21Br2FO4S2. The normalized spacial score (nSPS) is 12.6. The molecule has 0 fully saturated rings. The van der Waals surface area contributed by atoms with Crippen molar-refractivity contribution in [3.63, 3.8) is 0 Å². The van der Waals surface area contributed by atoms with Gasteiger partial charge < -0.3 is 4.74 Å². The summed E-state index contributed by atoms with van der Waals surface area (Å²) in [6.07, 6.45) is 7.46. The number of esters is 1. The van der Waals surface area contributed by atoms with Crippen molar-refractivity contribution in [1.82, 2.24) is 0 Å². The van der Waals surface area contributed by atoms with E-state index in [9.17, 15) is 9.18 Å². The molecule has 0 aliphatic rings. The second kappa shape index (κ2) is 12.2. The zero-order valence-electron chi connectivity index (χ0n) is 16.5. The minimum Gasteiger partial charge on any atom is -0.461 e. The Morgan fingerprint density at radius 3 is 2.55 bits per heavy atom. The van der Waals surface area contributed by atoms with Gasteiger partial charge in [0.15, 0.2) is 5.82 Å². The minimum absolute atomic E-state index is 0.00680. The smallest absolute Gasteiger partial charge is 0.351 e. The van der Waals surface area contributed by atoms with Crippen molar-refractivity contribution < 1.29 is 24.1 Å². The van der Waals surface area contributed by atoms with Crippen LogP contribution in [0.15, 0.2) is 44.0 Å². The predicted molar refractivity (Wildman–Crippen MR) is 131 cm³/mol. The van der Waals surface area contributed by atoms with Crippen molar-refractivity contribution in [2.24, 2.45) is 0 Å².